The molecule has 3 N–H and O–H groups in total. The quantitative estimate of drug-likeness (QED) is 0.631. The van der Waals surface area contributed by atoms with Crippen LogP contribution in [-0.4, -0.2) is 16.9 Å². The van der Waals surface area contributed by atoms with Gasteiger partial charge in [-0.15, -0.1) is 0 Å². The van der Waals surface area contributed by atoms with Crippen molar-refractivity contribution in [2.24, 2.45) is 11.7 Å². The van der Waals surface area contributed by atoms with Gasteiger partial charge in [-0.05, 0) is 12.0 Å². The van der Waals surface area contributed by atoms with Crippen LogP contribution in [0.1, 0.15) is 20.3 Å². The van der Waals surface area contributed by atoms with Crippen LogP contribution in [0.4, 0.5) is 15.8 Å². The van der Waals surface area contributed by atoms with E-state index in [9.17, 15) is 19.3 Å². The zero-order valence-electron chi connectivity index (χ0n) is 10.7. The Morgan fingerprint density at radius 1 is 1.53 bits per heavy atom. The summed E-state index contributed by atoms with van der Waals surface area (Å²) in [4.78, 5) is 21.6. The highest BCUT2D eigenvalue weighted by Gasteiger charge is 2.20. The zero-order valence-corrected chi connectivity index (χ0v) is 10.7. The van der Waals surface area contributed by atoms with E-state index < -0.39 is 28.4 Å². The molecule has 7 heteroatoms. The fraction of sp³-hybridized carbons (Fsp3) is 0.417. The third kappa shape index (κ3) is 3.99. The molecule has 6 nitrogen and oxygen atoms in total. The maximum atomic E-state index is 13.2. The third-order valence-corrected chi connectivity index (χ3v) is 2.92. The Labute approximate surface area is 109 Å². The van der Waals surface area contributed by atoms with Crippen molar-refractivity contribution in [3.8, 4) is 0 Å². The number of nitrogens with one attached hydrogen (secondary N) is 1. The van der Waals surface area contributed by atoms with Crippen LogP contribution < -0.4 is 11.1 Å². The number of halogens is 1. The van der Waals surface area contributed by atoms with E-state index in [0.29, 0.717) is 0 Å². The van der Waals surface area contributed by atoms with Gasteiger partial charge in [0.15, 0.2) is 0 Å². The maximum absolute atomic E-state index is 13.2. The summed E-state index contributed by atoms with van der Waals surface area (Å²) in [7, 11) is 0. The molecule has 0 radical (unpaired) electrons. The topological polar surface area (TPSA) is 98.3 Å². The monoisotopic (exact) mass is 269 g/mol. The number of rotatable bonds is 5. The SMILES string of the molecule is CCC(C)[C@H](N)C(=O)Nc1cc(F)cc([N+](=O)[O-])c1. The Morgan fingerprint density at radius 2 is 2.16 bits per heavy atom. The van der Waals surface area contributed by atoms with Gasteiger partial charge in [0, 0.05) is 6.07 Å². The number of carbonyl (C=O) groups is 1. The number of hydrogen-bond acceptors (Lipinski definition) is 4. The fourth-order valence-electron chi connectivity index (χ4n) is 1.49. The van der Waals surface area contributed by atoms with Crippen LogP contribution in [-0.2, 0) is 4.79 Å². The number of hydrogen-bond donors (Lipinski definition) is 2. The van der Waals surface area contributed by atoms with Crippen LogP contribution in [0.5, 0.6) is 0 Å². The van der Waals surface area contributed by atoms with E-state index in [1.807, 2.05) is 13.8 Å². The molecule has 0 saturated carbocycles. The molecule has 0 aliphatic carbocycles. The first-order valence-corrected chi connectivity index (χ1v) is 5.86. The number of nitro benzene ring substituents is 1. The number of benzene rings is 1. The van der Waals surface area contributed by atoms with E-state index in [-0.39, 0.29) is 11.6 Å². The molecule has 0 bridgehead atoms. The molecule has 1 aromatic rings. The molecule has 0 fully saturated rings. The predicted octanol–water partition coefficient (Wildman–Crippen LogP) is 2.05. The number of nitrogens with zero attached hydrogens (tertiary/aromatic N) is 1. The van der Waals surface area contributed by atoms with E-state index in [0.717, 1.165) is 24.6 Å². The Bertz CT molecular complexity index is 493. The lowest BCUT2D eigenvalue weighted by Gasteiger charge is -2.17. The van der Waals surface area contributed by atoms with Crippen LogP contribution in [0.15, 0.2) is 18.2 Å². The maximum Gasteiger partial charge on any atom is 0.274 e. The minimum atomic E-state index is -0.790. The molecule has 1 aromatic carbocycles. The van der Waals surface area contributed by atoms with Crippen molar-refractivity contribution in [2.45, 2.75) is 26.3 Å². The molecule has 0 spiro atoms. The van der Waals surface area contributed by atoms with E-state index in [1.165, 1.54) is 0 Å². The Morgan fingerprint density at radius 3 is 2.68 bits per heavy atom. The number of amides is 1. The molecule has 1 amide bonds. The van der Waals surface area contributed by atoms with Gasteiger partial charge in [0.05, 0.1) is 22.7 Å². The summed E-state index contributed by atoms with van der Waals surface area (Å²) in [6.45, 7) is 3.71. The average Bonchev–Trinajstić information content (AvgIpc) is 2.35. The Balaban J connectivity index is 2.88. The largest absolute Gasteiger partial charge is 0.324 e. The second-order valence-corrected chi connectivity index (χ2v) is 4.36. The summed E-state index contributed by atoms with van der Waals surface area (Å²) in [5, 5.41) is 13.0. The van der Waals surface area contributed by atoms with Gasteiger partial charge in [0.25, 0.3) is 5.69 Å². The molecule has 0 aliphatic rings. The smallest absolute Gasteiger partial charge is 0.274 e. The summed E-state index contributed by atoms with van der Waals surface area (Å²) >= 11 is 0. The highest BCUT2D eigenvalue weighted by molar-refractivity contribution is 5.95. The highest BCUT2D eigenvalue weighted by atomic mass is 19.1. The Kier molecular flexibility index (Phi) is 4.94. The minimum absolute atomic E-state index is 0.0236. The van der Waals surface area contributed by atoms with E-state index >= 15 is 0 Å². The summed E-state index contributed by atoms with van der Waals surface area (Å²) in [5.41, 5.74) is 5.32. The van der Waals surface area contributed by atoms with E-state index in [2.05, 4.69) is 5.32 Å². The third-order valence-electron chi connectivity index (χ3n) is 2.92. The zero-order chi connectivity index (χ0) is 14.6. The van der Waals surface area contributed by atoms with Crippen molar-refractivity contribution in [3.63, 3.8) is 0 Å². The summed E-state index contributed by atoms with van der Waals surface area (Å²) < 4.78 is 13.2. The van der Waals surface area contributed by atoms with Gasteiger partial charge in [-0.1, -0.05) is 20.3 Å². The molecule has 0 aliphatic heterocycles. The number of non-ortho nitro benzene ring substituents is 1. The highest BCUT2D eigenvalue weighted by Crippen LogP contribution is 2.20. The molecular formula is C12H16FN3O3. The lowest BCUT2D eigenvalue weighted by Crippen LogP contribution is -2.40. The Hall–Kier alpha value is -2.02. The molecule has 0 aromatic heterocycles. The second kappa shape index (κ2) is 6.24. The summed E-state index contributed by atoms with van der Waals surface area (Å²) in [5.74, 6) is -1.32. The van der Waals surface area contributed by atoms with Crippen LogP contribution >= 0.6 is 0 Å². The van der Waals surface area contributed by atoms with Crippen LogP contribution in [0.3, 0.4) is 0 Å². The normalized spacial score (nSPS) is 13.7. The lowest BCUT2D eigenvalue weighted by atomic mass is 9.99. The number of anilines is 1. The van der Waals surface area contributed by atoms with Crippen LogP contribution in [0, 0.1) is 21.8 Å². The van der Waals surface area contributed by atoms with Gasteiger partial charge in [0.2, 0.25) is 5.91 Å². The summed E-state index contributed by atoms with van der Waals surface area (Å²) in [6.07, 6.45) is 0.720. The number of nitro groups is 1. The van der Waals surface area contributed by atoms with Gasteiger partial charge in [-0.3, -0.25) is 14.9 Å². The average molecular weight is 269 g/mol. The summed E-state index contributed by atoms with van der Waals surface area (Å²) in [6, 6.07) is 2.13. The molecule has 1 unspecified atom stereocenters. The van der Waals surface area contributed by atoms with Gasteiger partial charge in [-0.2, -0.15) is 0 Å². The molecule has 0 saturated heterocycles. The van der Waals surface area contributed by atoms with Crippen LogP contribution in [0.25, 0.3) is 0 Å². The standard InChI is InChI=1S/C12H16FN3O3/c1-3-7(2)11(14)12(17)15-9-4-8(13)5-10(6-9)16(18)19/h4-7,11H,3,14H2,1-2H3,(H,15,17)/t7?,11-/m0/s1. The molecular weight excluding hydrogens is 253 g/mol. The minimum Gasteiger partial charge on any atom is -0.324 e. The van der Waals surface area contributed by atoms with Crippen molar-refractivity contribution in [1.82, 2.24) is 0 Å². The van der Waals surface area contributed by atoms with Crippen molar-refractivity contribution >= 4 is 17.3 Å². The van der Waals surface area contributed by atoms with E-state index in [1.54, 1.807) is 0 Å². The fourth-order valence-corrected chi connectivity index (χ4v) is 1.49. The first kappa shape index (κ1) is 15.0. The molecule has 19 heavy (non-hydrogen) atoms. The van der Waals surface area contributed by atoms with Gasteiger partial charge in [0.1, 0.15) is 5.82 Å². The van der Waals surface area contributed by atoms with Crippen molar-refractivity contribution in [2.75, 3.05) is 5.32 Å². The van der Waals surface area contributed by atoms with Gasteiger partial charge < -0.3 is 11.1 Å². The van der Waals surface area contributed by atoms with Crippen molar-refractivity contribution in [1.29, 1.82) is 0 Å². The number of carbonyl (C=O) groups excluding carboxylic acids is 1. The van der Waals surface area contributed by atoms with E-state index in [4.69, 9.17) is 5.73 Å². The molecule has 104 valence electrons. The first-order valence-electron chi connectivity index (χ1n) is 5.86. The first-order chi connectivity index (χ1) is 8.85. The van der Waals surface area contributed by atoms with Crippen molar-refractivity contribution in [3.05, 3.63) is 34.1 Å². The van der Waals surface area contributed by atoms with Crippen molar-refractivity contribution < 1.29 is 14.1 Å². The van der Waals surface area contributed by atoms with Crippen LogP contribution in [0.2, 0.25) is 0 Å². The predicted molar refractivity (Wildman–Crippen MR) is 69.1 cm³/mol. The molecule has 1 rings (SSSR count). The molecule has 0 heterocycles. The van der Waals surface area contributed by atoms with Gasteiger partial charge in [-0.25, -0.2) is 4.39 Å². The number of nitrogens with two attached hydrogens (primary N) is 1. The molecule has 2 atom stereocenters. The van der Waals surface area contributed by atoms with Gasteiger partial charge >= 0.3 is 0 Å². The lowest BCUT2D eigenvalue weighted by molar-refractivity contribution is -0.385. The second-order valence-electron chi connectivity index (χ2n) is 4.36.